The van der Waals surface area contributed by atoms with E-state index in [4.69, 9.17) is 9.15 Å². The number of alkyl halides is 3. The quantitative estimate of drug-likeness (QED) is 0.703. The van der Waals surface area contributed by atoms with Gasteiger partial charge in [-0.25, -0.2) is 0 Å². The summed E-state index contributed by atoms with van der Waals surface area (Å²) in [5.41, 5.74) is -2.18. The number of rotatable bonds is 8. The van der Waals surface area contributed by atoms with Crippen LogP contribution in [0.2, 0.25) is 0 Å². The first-order valence-electron chi connectivity index (χ1n) is 8.05. The maximum Gasteiger partial charge on any atom is 0.424 e. The number of ether oxygens (including phenoxy) is 1. The van der Waals surface area contributed by atoms with Gasteiger partial charge in [0.1, 0.15) is 17.3 Å². The van der Waals surface area contributed by atoms with Gasteiger partial charge in [0.25, 0.3) is 0 Å². The molecule has 0 fully saturated rings. The normalized spacial score (nSPS) is 14.3. The first kappa shape index (κ1) is 19.3. The fourth-order valence-corrected chi connectivity index (χ4v) is 2.50. The number of hydrogen-bond acceptors (Lipinski definition) is 4. The van der Waals surface area contributed by atoms with E-state index in [0.29, 0.717) is 24.7 Å². The zero-order chi connectivity index (χ0) is 18.5. The van der Waals surface area contributed by atoms with Crippen molar-refractivity contribution in [2.75, 3.05) is 13.2 Å². The monoisotopic (exact) mass is 357 g/mol. The highest BCUT2D eigenvalue weighted by molar-refractivity contribution is 5.33. The molecular weight excluding hydrogens is 335 g/mol. The number of nitrogens with one attached hydrogen (secondary N) is 1. The van der Waals surface area contributed by atoms with Crippen LogP contribution in [-0.2, 0) is 12.1 Å². The Kier molecular flexibility index (Phi) is 6.13. The van der Waals surface area contributed by atoms with Crippen LogP contribution in [-0.4, -0.2) is 24.4 Å². The average molecular weight is 357 g/mol. The molecule has 25 heavy (non-hydrogen) atoms. The Hall–Kier alpha value is -1.99. The number of aliphatic hydroxyl groups is 1. The lowest BCUT2D eigenvalue weighted by atomic mass is 9.95. The summed E-state index contributed by atoms with van der Waals surface area (Å²) < 4.78 is 50.6. The molecule has 0 aliphatic carbocycles. The molecule has 4 nitrogen and oxygen atoms in total. The molecule has 1 heterocycles. The first-order chi connectivity index (χ1) is 11.8. The molecule has 7 heteroatoms. The van der Waals surface area contributed by atoms with E-state index in [1.54, 1.807) is 6.07 Å². The third-order valence-electron chi connectivity index (χ3n) is 3.87. The molecule has 0 saturated carbocycles. The van der Waals surface area contributed by atoms with Gasteiger partial charge in [-0.3, -0.25) is 0 Å². The third kappa shape index (κ3) is 4.55. The number of halogens is 3. The van der Waals surface area contributed by atoms with Gasteiger partial charge in [0, 0.05) is 18.5 Å². The van der Waals surface area contributed by atoms with Gasteiger partial charge >= 0.3 is 6.18 Å². The average Bonchev–Trinajstić information content (AvgIpc) is 2.99. The Labute approximate surface area is 144 Å². The van der Waals surface area contributed by atoms with E-state index < -0.39 is 24.0 Å². The lowest BCUT2D eigenvalue weighted by Gasteiger charge is -2.28. The van der Waals surface area contributed by atoms with Gasteiger partial charge in [0.2, 0.25) is 5.60 Å². The standard InChI is InChI=1S/C18H22F3NO3/c1-3-24-15-7-5-4-6-14(15)12-22-11-10-17(23,18(19,20)21)16-9-8-13(2)25-16/h4-9,22-23H,3,10-12H2,1-2H3/t17-/m1/s1. The zero-order valence-corrected chi connectivity index (χ0v) is 14.2. The first-order valence-corrected chi connectivity index (χ1v) is 8.05. The minimum Gasteiger partial charge on any atom is -0.494 e. The second-order valence-corrected chi connectivity index (χ2v) is 5.74. The van der Waals surface area contributed by atoms with Crippen molar-refractivity contribution in [3.63, 3.8) is 0 Å². The van der Waals surface area contributed by atoms with Gasteiger partial charge in [-0.2, -0.15) is 13.2 Å². The van der Waals surface area contributed by atoms with Crippen LogP contribution in [0.25, 0.3) is 0 Å². The molecular formula is C18H22F3NO3. The summed E-state index contributed by atoms with van der Waals surface area (Å²) in [6, 6.07) is 9.86. The second kappa shape index (κ2) is 7.93. The molecule has 0 radical (unpaired) electrons. The van der Waals surface area contributed by atoms with E-state index in [1.807, 2.05) is 25.1 Å². The number of hydrogen-bond donors (Lipinski definition) is 2. The summed E-state index contributed by atoms with van der Waals surface area (Å²) in [5.74, 6) is 0.510. The maximum absolute atomic E-state index is 13.4. The molecule has 0 saturated heterocycles. The van der Waals surface area contributed by atoms with Crippen molar-refractivity contribution in [3.05, 3.63) is 53.5 Å². The lowest BCUT2D eigenvalue weighted by molar-refractivity contribution is -0.274. The number of aryl methyl sites for hydroxylation is 1. The van der Waals surface area contributed by atoms with Gasteiger partial charge in [-0.1, -0.05) is 18.2 Å². The molecule has 0 bridgehead atoms. The Balaban J connectivity index is 2.01. The molecule has 138 valence electrons. The van der Waals surface area contributed by atoms with Crippen molar-refractivity contribution < 1.29 is 27.4 Å². The van der Waals surface area contributed by atoms with E-state index >= 15 is 0 Å². The maximum atomic E-state index is 13.4. The highest BCUT2D eigenvalue weighted by Crippen LogP contribution is 2.42. The van der Waals surface area contributed by atoms with E-state index in [9.17, 15) is 18.3 Å². The Morgan fingerprint density at radius 2 is 1.88 bits per heavy atom. The minimum atomic E-state index is -4.83. The summed E-state index contributed by atoms with van der Waals surface area (Å²) in [4.78, 5) is 0. The molecule has 0 aliphatic heterocycles. The van der Waals surface area contributed by atoms with Crippen LogP contribution in [0, 0.1) is 6.92 Å². The summed E-state index contributed by atoms with van der Waals surface area (Å²) >= 11 is 0. The van der Waals surface area contributed by atoms with Crippen molar-refractivity contribution in [2.24, 2.45) is 0 Å². The third-order valence-corrected chi connectivity index (χ3v) is 3.87. The molecule has 1 aromatic carbocycles. The Bertz CT molecular complexity index is 684. The fourth-order valence-electron chi connectivity index (χ4n) is 2.50. The van der Waals surface area contributed by atoms with Gasteiger partial charge in [-0.05, 0) is 38.6 Å². The minimum absolute atomic E-state index is 0.0454. The summed E-state index contributed by atoms with van der Waals surface area (Å²) in [5, 5.41) is 13.1. The van der Waals surface area contributed by atoms with Crippen LogP contribution >= 0.6 is 0 Å². The van der Waals surface area contributed by atoms with Gasteiger partial charge in [0.05, 0.1) is 6.61 Å². The van der Waals surface area contributed by atoms with Crippen molar-refractivity contribution in [1.29, 1.82) is 0 Å². The zero-order valence-electron chi connectivity index (χ0n) is 14.2. The van der Waals surface area contributed by atoms with E-state index in [1.165, 1.54) is 13.0 Å². The molecule has 2 N–H and O–H groups in total. The van der Waals surface area contributed by atoms with Crippen LogP contribution in [0.15, 0.2) is 40.8 Å². The van der Waals surface area contributed by atoms with Crippen LogP contribution in [0.3, 0.4) is 0 Å². The molecule has 1 aromatic heterocycles. The topological polar surface area (TPSA) is 54.6 Å². The lowest BCUT2D eigenvalue weighted by Crippen LogP contribution is -2.44. The fraction of sp³-hybridized carbons (Fsp3) is 0.444. The molecule has 0 spiro atoms. The van der Waals surface area contributed by atoms with Crippen LogP contribution in [0.1, 0.15) is 30.4 Å². The van der Waals surface area contributed by atoms with Gasteiger partial charge < -0.3 is 19.6 Å². The molecule has 2 aromatic rings. The van der Waals surface area contributed by atoms with Crippen molar-refractivity contribution in [1.82, 2.24) is 5.32 Å². The van der Waals surface area contributed by atoms with Crippen LogP contribution in [0.5, 0.6) is 5.75 Å². The SMILES string of the molecule is CCOc1ccccc1CNCC[C@@](O)(c1ccc(C)o1)C(F)(F)F. The van der Waals surface area contributed by atoms with Crippen molar-refractivity contribution in [3.8, 4) is 5.75 Å². The van der Waals surface area contributed by atoms with Gasteiger partial charge in [0.15, 0.2) is 0 Å². The van der Waals surface area contributed by atoms with Crippen molar-refractivity contribution >= 4 is 0 Å². The van der Waals surface area contributed by atoms with Crippen molar-refractivity contribution in [2.45, 2.75) is 38.6 Å². The van der Waals surface area contributed by atoms with E-state index in [-0.39, 0.29) is 6.54 Å². The largest absolute Gasteiger partial charge is 0.494 e. The Morgan fingerprint density at radius 1 is 1.16 bits per heavy atom. The van der Waals surface area contributed by atoms with Crippen LogP contribution < -0.4 is 10.1 Å². The summed E-state index contributed by atoms with van der Waals surface area (Å²) in [7, 11) is 0. The molecule has 0 unspecified atom stereocenters. The number of para-hydroxylation sites is 1. The number of benzene rings is 1. The smallest absolute Gasteiger partial charge is 0.424 e. The molecule has 1 atom stereocenters. The van der Waals surface area contributed by atoms with Gasteiger partial charge in [-0.15, -0.1) is 0 Å². The number of furan rings is 1. The van der Waals surface area contributed by atoms with Crippen LogP contribution in [0.4, 0.5) is 13.2 Å². The van der Waals surface area contributed by atoms with E-state index in [0.717, 1.165) is 11.6 Å². The molecule has 0 amide bonds. The summed E-state index contributed by atoms with van der Waals surface area (Å²) in [6.45, 7) is 4.18. The second-order valence-electron chi connectivity index (χ2n) is 5.74. The van der Waals surface area contributed by atoms with E-state index in [2.05, 4.69) is 5.32 Å². The Morgan fingerprint density at radius 3 is 2.48 bits per heavy atom. The highest BCUT2D eigenvalue weighted by atomic mass is 19.4. The highest BCUT2D eigenvalue weighted by Gasteiger charge is 2.56. The predicted octanol–water partition coefficient (Wildman–Crippen LogP) is 3.92. The molecule has 0 aliphatic rings. The predicted molar refractivity (Wildman–Crippen MR) is 87.3 cm³/mol. The molecule has 2 rings (SSSR count). The summed E-state index contributed by atoms with van der Waals surface area (Å²) in [6.07, 6.45) is -5.39.